The van der Waals surface area contributed by atoms with Crippen molar-refractivity contribution in [2.75, 3.05) is 14.2 Å². The van der Waals surface area contributed by atoms with Crippen molar-refractivity contribution >= 4 is 17.7 Å². The van der Waals surface area contributed by atoms with E-state index in [1.54, 1.807) is 20.1 Å². The van der Waals surface area contributed by atoms with E-state index in [2.05, 4.69) is 16.8 Å². The zero-order chi connectivity index (χ0) is 16.8. The second kappa shape index (κ2) is 7.82. The molecule has 0 spiro atoms. The maximum atomic E-state index is 11.6. The molecule has 0 N–H and O–H groups in total. The second-order valence-electron chi connectivity index (χ2n) is 4.72. The largest absolute Gasteiger partial charge is 0.497 e. The Morgan fingerprint density at radius 1 is 1.35 bits per heavy atom. The number of benzene rings is 1. The zero-order valence-electron chi connectivity index (χ0n) is 13.4. The molecule has 1 aromatic carbocycles. The summed E-state index contributed by atoms with van der Waals surface area (Å²) >= 11 is 1.31. The molecular formula is C16H19N3O3S. The number of methoxy groups -OCH3 is 2. The topological polar surface area (TPSA) is 66.2 Å². The van der Waals surface area contributed by atoms with Crippen LogP contribution in [0.3, 0.4) is 0 Å². The summed E-state index contributed by atoms with van der Waals surface area (Å²) in [5.74, 6) is 1.19. The number of rotatable bonds is 7. The van der Waals surface area contributed by atoms with E-state index < -0.39 is 0 Å². The number of carbonyl (C=O) groups is 1. The molecule has 0 aliphatic rings. The van der Waals surface area contributed by atoms with Crippen LogP contribution in [0.25, 0.3) is 11.4 Å². The van der Waals surface area contributed by atoms with E-state index in [4.69, 9.17) is 9.47 Å². The molecule has 1 aromatic heterocycles. The normalized spacial score (nSPS) is 11.8. The molecule has 0 aliphatic heterocycles. The Morgan fingerprint density at radius 2 is 2.04 bits per heavy atom. The van der Waals surface area contributed by atoms with E-state index in [0.29, 0.717) is 17.5 Å². The molecule has 122 valence electrons. The maximum absolute atomic E-state index is 11.6. The number of esters is 1. The van der Waals surface area contributed by atoms with E-state index in [9.17, 15) is 4.79 Å². The first kappa shape index (κ1) is 17.1. The molecule has 0 fully saturated rings. The van der Waals surface area contributed by atoms with Gasteiger partial charge in [-0.3, -0.25) is 9.36 Å². The quantitative estimate of drug-likeness (QED) is 0.441. The monoisotopic (exact) mass is 333 g/mol. The molecule has 6 nitrogen and oxygen atoms in total. The minimum Gasteiger partial charge on any atom is -0.497 e. The van der Waals surface area contributed by atoms with Crippen molar-refractivity contribution in [2.45, 2.75) is 23.9 Å². The van der Waals surface area contributed by atoms with Gasteiger partial charge in [-0.15, -0.1) is 16.8 Å². The van der Waals surface area contributed by atoms with Crippen molar-refractivity contribution in [3.05, 3.63) is 36.9 Å². The lowest BCUT2D eigenvalue weighted by Gasteiger charge is -2.11. The lowest BCUT2D eigenvalue weighted by Crippen LogP contribution is -2.15. The van der Waals surface area contributed by atoms with Gasteiger partial charge in [-0.1, -0.05) is 17.8 Å². The molecule has 23 heavy (non-hydrogen) atoms. The highest BCUT2D eigenvalue weighted by molar-refractivity contribution is 8.00. The Labute approximate surface area is 139 Å². The maximum Gasteiger partial charge on any atom is 0.318 e. The highest BCUT2D eigenvalue weighted by Gasteiger charge is 2.20. The Bertz CT molecular complexity index is 682. The van der Waals surface area contributed by atoms with Crippen LogP contribution in [0.5, 0.6) is 5.75 Å². The molecule has 0 aliphatic carbocycles. The van der Waals surface area contributed by atoms with Crippen LogP contribution in [0.15, 0.2) is 42.1 Å². The molecule has 7 heteroatoms. The van der Waals surface area contributed by atoms with Gasteiger partial charge in [0.1, 0.15) is 11.0 Å². The molecule has 1 atom stereocenters. The van der Waals surface area contributed by atoms with Gasteiger partial charge < -0.3 is 9.47 Å². The number of ether oxygens (including phenoxy) is 2. The Balaban J connectivity index is 2.33. The summed E-state index contributed by atoms with van der Waals surface area (Å²) in [5, 5.41) is 8.73. The Hall–Kier alpha value is -2.28. The van der Waals surface area contributed by atoms with Crippen molar-refractivity contribution in [3.8, 4) is 17.1 Å². The average molecular weight is 333 g/mol. The summed E-state index contributed by atoms with van der Waals surface area (Å²) < 4.78 is 11.8. The lowest BCUT2D eigenvalue weighted by atomic mass is 10.2. The van der Waals surface area contributed by atoms with Gasteiger partial charge in [0.25, 0.3) is 0 Å². The van der Waals surface area contributed by atoms with Crippen LogP contribution in [0.4, 0.5) is 0 Å². The fourth-order valence-electron chi connectivity index (χ4n) is 2.00. The fourth-order valence-corrected chi connectivity index (χ4v) is 2.88. The van der Waals surface area contributed by atoms with E-state index in [1.165, 1.54) is 18.9 Å². The Kier molecular flexibility index (Phi) is 5.81. The first-order valence-electron chi connectivity index (χ1n) is 7.03. The summed E-state index contributed by atoms with van der Waals surface area (Å²) in [5.41, 5.74) is 0.915. The van der Waals surface area contributed by atoms with Crippen molar-refractivity contribution in [1.82, 2.24) is 14.8 Å². The van der Waals surface area contributed by atoms with Crippen molar-refractivity contribution in [3.63, 3.8) is 0 Å². The SMILES string of the molecule is C=CCn1c(SC(C)C(=O)OC)nnc1-c1ccc(OC)cc1. The molecule has 0 saturated carbocycles. The molecule has 1 unspecified atom stereocenters. The van der Waals surface area contributed by atoms with Crippen LogP contribution >= 0.6 is 11.8 Å². The predicted octanol–water partition coefficient (Wildman–Crippen LogP) is 2.79. The standard InChI is InChI=1S/C16H19N3O3S/c1-5-10-19-14(12-6-8-13(21-3)9-7-12)17-18-16(19)23-11(2)15(20)22-4/h5-9,11H,1,10H2,2-4H3. The number of aromatic nitrogens is 3. The summed E-state index contributed by atoms with van der Waals surface area (Å²) in [6.45, 7) is 6.09. The third-order valence-corrected chi connectivity index (χ3v) is 4.25. The highest BCUT2D eigenvalue weighted by atomic mass is 32.2. The third-order valence-electron chi connectivity index (χ3n) is 3.19. The summed E-state index contributed by atoms with van der Waals surface area (Å²) in [6.07, 6.45) is 1.77. The summed E-state index contributed by atoms with van der Waals surface area (Å²) in [7, 11) is 2.99. The number of nitrogens with zero attached hydrogens (tertiary/aromatic N) is 3. The molecule has 0 saturated heterocycles. The Morgan fingerprint density at radius 3 is 2.61 bits per heavy atom. The van der Waals surface area contributed by atoms with Crippen molar-refractivity contribution in [1.29, 1.82) is 0 Å². The van der Waals surface area contributed by atoms with Crippen LogP contribution in [0.2, 0.25) is 0 Å². The number of allylic oxidation sites excluding steroid dienone is 1. The average Bonchev–Trinajstić information content (AvgIpc) is 2.97. The van der Waals surface area contributed by atoms with E-state index >= 15 is 0 Å². The zero-order valence-corrected chi connectivity index (χ0v) is 14.2. The fraction of sp³-hybridized carbons (Fsp3) is 0.312. The molecule has 1 heterocycles. The molecular weight excluding hydrogens is 314 g/mol. The number of carbonyl (C=O) groups excluding carboxylic acids is 1. The second-order valence-corrected chi connectivity index (χ2v) is 6.03. The first-order valence-corrected chi connectivity index (χ1v) is 7.91. The minimum absolute atomic E-state index is 0.297. The molecule has 2 aromatic rings. The third kappa shape index (κ3) is 3.92. The van der Waals surface area contributed by atoms with Crippen LogP contribution in [-0.2, 0) is 16.1 Å². The lowest BCUT2D eigenvalue weighted by molar-refractivity contribution is -0.139. The van der Waals surface area contributed by atoms with Gasteiger partial charge >= 0.3 is 5.97 Å². The van der Waals surface area contributed by atoms with Crippen LogP contribution < -0.4 is 4.74 Å². The van der Waals surface area contributed by atoms with E-state index in [0.717, 1.165) is 11.3 Å². The predicted molar refractivity (Wildman–Crippen MR) is 89.5 cm³/mol. The van der Waals surface area contributed by atoms with Gasteiger partial charge in [0.2, 0.25) is 0 Å². The van der Waals surface area contributed by atoms with Gasteiger partial charge in [-0.2, -0.15) is 0 Å². The van der Waals surface area contributed by atoms with E-state index in [1.807, 2.05) is 28.8 Å². The smallest absolute Gasteiger partial charge is 0.318 e. The molecule has 2 rings (SSSR count). The van der Waals surface area contributed by atoms with Crippen LogP contribution in [0, 0.1) is 0 Å². The number of thioether (sulfide) groups is 1. The van der Waals surface area contributed by atoms with E-state index in [-0.39, 0.29) is 11.2 Å². The van der Waals surface area contributed by atoms with Crippen molar-refractivity contribution in [2.24, 2.45) is 0 Å². The number of hydrogen-bond acceptors (Lipinski definition) is 6. The van der Waals surface area contributed by atoms with Gasteiger partial charge in [0, 0.05) is 12.1 Å². The van der Waals surface area contributed by atoms with Gasteiger partial charge in [0.05, 0.1) is 14.2 Å². The minimum atomic E-state index is -0.364. The molecule has 0 amide bonds. The highest BCUT2D eigenvalue weighted by Crippen LogP contribution is 2.28. The van der Waals surface area contributed by atoms with Crippen LogP contribution in [0.1, 0.15) is 6.92 Å². The molecule has 0 radical (unpaired) electrons. The molecule has 0 bridgehead atoms. The summed E-state index contributed by atoms with van der Waals surface area (Å²) in [6, 6.07) is 7.57. The van der Waals surface area contributed by atoms with Crippen LogP contribution in [-0.4, -0.2) is 40.2 Å². The number of hydrogen-bond donors (Lipinski definition) is 0. The van der Waals surface area contributed by atoms with Gasteiger partial charge in [-0.25, -0.2) is 0 Å². The van der Waals surface area contributed by atoms with Gasteiger partial charge in [-0.05, 0) is 31.2 Å². The van der Waals surface area contributed by atoms with Crippen molar-refractivity contribution < 1.29 is 14.3 Å². The first-order chi connectivity index (χ1) is 11.1. The van der Waals surface area contributed by atoms with Gasteiger partial charge in [0.15, 0.2) is 11.0 Å². The summed E-state index contributed by atoms with van der Waals surface area (Å²) in [4.78, 5) is 11.6.